The normalized spacial score (nSPS) is 18.7. The number of carbonyl (C=O) groups is 1. The molecule has 1 amide bonds. The van der Waals surface area contributed by atoms with Crippen LogP contribution >= 0.6 is 0 Å². The quantitative estimate of drug-likeness (QED) is 0.508. The second kappa shape index (κ2) is 10.8. The van der Waals surface area contributed by atoms with Crippen LogP contribution in [0.2, 0.25) is 0 Å². The zero-order chi connectivity index (χ0) is 21.4. The van der Waals surface area contributed by atoms with Gasteiger partial charge >= 0.3 is 0 Å². The van der Waals surface area contributed by atoms with Gasteiger partial charge in [-0.2, -0.15) is 0 Å². The van der Waals surface area contributed by atoms with Crippen molar-refractivity contribution in [3.8, 4) is 0 Å². The number of piperidine rings is 1. The van der Waals surface area contributed by atoms with Crippen molar-refractivity contribution in [2.24, 2.45) is 4.99 Å². The Balaban J connectivity index is 1.57. The van der Waals surface area contributed by atoms with E-state index in [-0.39, 0.29) is 11.4 Å². The van der Waals surface area contributed by atoms with Crippen molar-refractivity contribution >= 4 is 11.9 Å². The smallest absolute Gasteiger partial charge is 0.222 e. The number of benzene rings is 1. The van der Waals surface area contributed by atoms with E-state index in [1.54, 1.807) is 0 Å². The lowest BCUT2D eigenvalue weighted by Crippen LogP contribution is -2.54. The van der Waals surface area contributed by atoms with Crippen LogP contribution in [0.1, 0.15) is 64.0 Å². The van der Waals surface area contributed by atoms with Crippen molar-refractivity contribution in [1.82, 2.24) is 20.4 Å². The summed E-state index contributed by atoms with van der Waals surface area (Å²) in [6.45, 7) is 13.0. The highest BCUT2D eigenvalue weighted by molar-refractivity contribution is 5.80. The summed E-state index contributed by atoms with van der Waals surface area (Å²) in [6.07, 6.45) is 5.63. The number of nitrogens with zero attached hydrogens (tertiary/aromatic N) is 3. The van der Waals surface area contributed by atoms with Crippen LogP contribution in [-0.4, -0.2) is 59.9 Å². The standard InChI is InChI=1S/C24H39N5O/c1-4-25-23(27-19-24(2,3)29-14-6-5-7-15-29)26-17-20-10-8-11-21(16-20)18-28-13-9-12-22(28)30/h8,10-11,16H,4-7,9,12-15,17-19H2,1-3H3,(H2,25,26,27). The van der Waals surface area contributed by atoms with Crippen molar-refractivity contribution in [2.75, 3.05) is 32.7 Å². The number of carbonyl (C=O) groups excluding carboxylic acids is 1. The molecule has 0 radical (unpaired) electrons. The third-order valence-electron chi connectivity index (χ3n) is 6.20. The first-order chi connectivity index (χ1) is 14.5. The maximum absolute atomic E-state index is 11.9. The van der Waals surface area contributed by atoms with Gasteiger partial charge in [-0.1, -0.05) is 30.7 Å². The molecule has 0 aliphatic carbocycles. The number of rotatable bonds is 8. The maximum atomic E-state index is 11.9. The van der Waals surface area contributed by atoms with Gasteiger partial charge in [0, 0.05) is 38.1 Å². The molecule has 0 atom stereocenters. The van der Waals surface area contributed by atoms with E-state index in [1.165, 1.54) is 43.5 Å². The predicted molar refractivity (Wildman–Crippen MR) is 123 cm³/mol. The van der Waals surface area contributed by atoms with Crippen LogP contribution in [-0.2, 0) is 17.9 Å². The molecule has 2 N–H and O–H groups in total. The van der Waals surface area contributed by atoms with E-state index in [1.807, 2.05) is 4.90 Å². The van der Waals surface area contributed by atoms with Crippen LogP contribution in [0.15, 0.2) is 29.3 Å². The molecule has 2 heterocycles. The van der Waals surface area contributed by atoms with Crippen LogP contribution in [0, 0.1) is 0 Å². The SMILES string of the molecule is CCNC(=NCc1cccc(CN2CCCC2=O)c1)NCC(C)(C)N1CCCCC1. The summed E-state index contributed by atoms with van der Waals surface area (Å²) in [5.41, 5.74) is 2.47. The number of guanidine groups is 1. The molecular weight excluding hydrogens is 374 g/mol. The van der Waals surface area contributed by atoms with Gasteiger partial charge in [0.15, 0.2) is 5.96 Å². The molecule has 6 nitrogen and oxygen atoms in total. The van der Waals surface area contributed by atoms with Crippen LogP contribution in [0.5, 0.6) is 0 Å². The topological polar surface area (TPSA) is 60.0 Å². The fourth-order valence-corrected chi connectivity index (χ4v) is 4.34. The molecule has 3 rings (SSSR count). The van der Waals surface area contributed by atoms with Crippen LogP contribution < -0.4 is 10.6 Å². The lowest BCUT2D eigenvalue weighted by molar-refractivity contribution is -0.128. The highest BCUT2D eigenvalue weighted by Crippen LogP contribution is 2.20. The Labute approximate surface area is 182 Å². The summed E-state index contributed by atoms with van der Waals surface area (Å²) in [6, 6.07) is 8.46. The Morgan fingerprint density at radius 2 is 1.83 bits per heavy atom. The largest absolute Gasteiger partial charge is 0.357 e. The lowest BCUT2D eigenvalue weighted by atomic mass is 9.98. The summed E-state index contributed by atoms with van der Waals surface area (Å²) < 4.78 is 0. The molecule has 2 saturated heterocycles. The first-order valence-electron chi connectivity index (χ1n) is 11.6. The average Bonchev–Trinajstić information content (AvgIpc) is 3.15. The van der Waals surface area contributed by atoms with E-state index in [9.17, 15) is 4.79 Å². The molecule has 0 bridgehead atoms. The van der Waals surface area contributed by atoms with Gasteiger partial charge in [-0.05, 0) is 64.3 Å². The van der Waals surface area contributed by atoms with Gasteiger partial charge < -0.3 is 15.5 Å². The Morgan fingerprint density at radius 3 is 2.53 bits per heavy atom. The third-order valence-corrected chi connectivity index (χ3v) is 6.20. The van der Waals surface area contributed by atoms with Crippen molar-refractivity contribution in [2.45, 2.75) is 71.5 Å². The molecule has 2 aliphatic rings. The van der Waals surface area contributed by atoms with E-state index >= 15 is 0 Å². The predicted octanol–water partition coefficient (Wildman–Crippen LogP) is 3.13. The number of hydrogen-bond donors (Lipinski definition) is 2. The third kappa shape index (κ3) is 6.46. The minimum atomic E-state index is 0.110. The maximum Gasteiger partial charge on any atom is 0.222 e. The van der Waals surface area contributed by atoms with Crippen molar-refractivity contribution in [3.63, 3.8) is 0 Å². The molecule has 0 spiro atoms. The van der Waals surface area contributed by atoms with Gasteiger partial charge in [-0.25, -0.2) is 4.99 Å². The molecule has 0 saturated carbocycles. The summed E-state index contributed by atoms with van der Waals surface area (Å²) >= 11 is 0. The lowest BCUT2D eigenvalue weighted by Gasteiger charge is -2.41. The summed E-state index contributed by atoms with van der Waals surface area (Å²) in [4.78, 5) is 21.3. The van der Waals surface area contributed by atoms with Crippen molar-refractivity contribution < 1.29 is 4.79 Å². The van der Waals surface area contributed by atoms with Crippen LogP contribution in [0.4, 0.5) is 0 Å². The molecule has 1 aromatic carbocycles. The van der Waals surface area contributed by atoms with Crippen LogP contribution in [0.25, 0.3) is 0 Å². The highest BCUT2D eigenvalue weighted by Gasteiger charge is 2.27. The number of aliphatic imine (C=N–C) groups is 1. The zero-order valence-corrected chi connectivity index (χ0v) is 19.0. The first kappa shape index (κ1) is 22.6. The van der Waals surface area contributed by atoms with E-state index in [0.717, 1.165) is 32.0 Å². The van der Waals surface area contributed by atoms with Crippen LogP contribution in [0.3, 0.4) is 0 Å². The van der Waals surface area contributed by atoms with E-state index in [2.05, 4.69) is 60.6 Å². The monoisotopic (exact) mass is 413 g/mol. The number of amides is 1. The van der Waals surface area contributed by atoms with E-state index in [4.69, 9.17) is 4.99 Å². The van der Waals surface area contributed by atoms with Gasteiger partial charge in [-0.15, -0.1) is 0 Å². The molecular formula is C24H39N5O. The Morgan fingerprint density at radius 1 is 1.07 bits per heavy atom. The molecule has 2 aliphatic heterocycles. The first-order valence-corrected chi connectivity index (χ1v) is 11.6. The Kier molecular flexibility index (Phi) is 8.14. The molecule has 6 heteroatoms. The summed E-state index contributed by atoms with van der Waals surface area (Å²) in [5, 5.41) is 6.93. The fourth-order valence-electron chi connectivity index (χ4n) is 4.34. The zero-order valence-electron chi connectivity index (χ0n) is 19.0. The molecule has 0 aromatic heterocycles. The van der Waals surface area contributed by atoms with Gasteiger partial charge in [-0.3, -0.25) is 9.69 Å². The second-order valence-corrected chi connectivity index (χ2v) is 9.15. The molecule has 30 heavy (non-hydrogen) atoms. The minimum Gasteiger partial charge on any atom is -0.357 e. The highest BCUT2D eigenvalue weighted by atomic mass is 16.2. The summed E-state index contributed by atoms with van der Waals surface area (Å²) in [5.74, 6) is 1.14. The van der Waals surface area contributed by atoms with E-state index < -0.39 is 0 Å². The van der Waals surface area contributed by atoms with Gasteiger partial charge in [0.1, 0.15) is 0 Å². The average molecular weight is 414 g/mol. The second-order valence-electron chi connectivity index (χ2n) is 9.15. The fraction of sp³-hybridized carbons (Fsp3) is 0.667. The minimum absolute atomic E-state index is 0.110. The molecule has 2 fully saturated rings. The van der Waals surface area contributed by atoms with Gasteiger partial charge in [0.05, 0.1) is 6.54 Å². The van der Waals surface area contributed by atoms with Gasteiger partial charge in [0.25, 0.3) is 0 Å². The Hall–Kier alpha value is -2.08. The summed E-state index contributed by atoms with van der Waals surface area (Å²) in [7, 11) is 0. The van der Waals surface area contributed by atoms with Gasteiger partial charge in [0.2, 0.25) is 5.91 Å². The Bertz CT molecular complexity index is 724. The molecule has 1 aromatic rings. The van der Waals surface area contributed by atoms with Crippen molar-refractivity contribution in [1.29, 1.82) is 0 Å². The molecule has 166 valence electrons. The molecule has 0 unspecified atom stereocenters. The number of hydrogen-bond acceptors (Lipinski definition) is 3. The van der Waals surface area contributed by atoms with E-state index in [0.29, 0.717) is 19.5 Å². The number of nitrogens with one attached hydrogen (secondary N) is 2. The van der Waals surface area contributed by atoms with Crippen molar-refractivity contribution in [3.05, 3.63) is 35.4 Å². The number of likely N-dealkylation sites (tertiary alicyclic amines) is 2.